The minimum atomic E-state index is -4.00. The highest BCUT2D eigenvalue weighted by Gasteiger charge is 2.23. The average Bonchev–Trinajstić information content (AvgIpc) is 3.08. The number of carbonyl (C=O) groups excluding carboxylic acids is 1. The van der Waals surface area contributed by atoms with E-state index in [-0.39, 0.29) is 27.8 Å². The van der Waals surface area contributed by atoms with Gasteiger partial charge in [0, 0.05) is 11.4 Å². The molecule has 0 bridgehead atoms. The molecule has 0 aliphatic carbocycles. The summed E-state index contributed by atoms with van der Waals surface area (Å²) in [5.74, 6) is -0.197. The number of anilines is 3. The number of aryl methyl sites for hydroxylation is 2. The topological polar surface area (TPSA) is 121 Å². The smallest absolute Gasteiger partial charge is 0.262 e. The first-order valence-electron chi connectivity index (χ1n) is 9.69. The van der Waals surface area contributed by atoms with E-state index in [2.05, 4.69) is 14.8 Å². The van der Waals surface area contributed by atoms with Crippen LogP contribution in [0.4, 0.5) is 17.1 Å². The maximum atomic E-state index is 13.0. The Balaban J connectivity index is 1.63. The zero-order valence-corrected chi connectivity index (χ0v) is 19.0. The van der Waals surface area contributed by atoms with Gasteiger partial charge in [-0.3, -0.25) is 14.2 Å². The van der Waals surface area contributed by atoms with E-state index in [1.165, 1.54) is 36.4 Å². The highest BCUT2D eigenvalue weighted by Crippen LogP contribution is 2.28. The monoisotopic (exact) mass is 471 g/mol. The molecule has 8 nitrogen and oxygen atoms in total. The van der Waals surface area contributed by atoms with Gasteiger partial charge in [-0.1, -0.05) is 18.2 Å². The molecule has 1 aliphatic heterocycles. The van der Waals surface area contributed by atoms with Gasteiger partial charge in [0.05, 0.1) is 21.9 Å². The molecule has 0 spiro atoms. The summed E-state index contributed by atoms with van der Waals surface area (Å²) >= 11 is 0. The molecule has 0 radical (unpaired) electrons. The van der Waals surface area contributed by atoms with Crippen LogP contribution in [0.3, 0.4) is 0 Å². The maximum absolute atomic E-state index is 13.0. The average molecular weight is 472 g/mol. The molecule has 166 valence electrons. The van der Waals surface area contributed by atoms with Gasteiger partial charge in [0.2, 0.25) is 5.91 Å². The maximum Gasteiger partial charge on any atom is 0.262 e. The van der Waals surface area contributed by atoms with Crippen LogP contribution in [0.5, 0.6) is 0 Å². The van der Waals surface area contributed by atoms with E-state index in [9.17, 15) is 21.6 Å². The molecule has 10 heteroatoms. The van der Waals surface area contributed by atoms with E-state index in [1.54, 1.807) is 25.1 Å². The molecule has 3 aromatic rings. The summed E-state index contributed by atoms with van der Waals surface area (Å²) in [6.07, 6.45) is 0.107. The molecule has 0 fully saturated rings. The van der Waals surface area contributed by atoms with Crippen LogP contribution in [-0.2, 0) is 31.3 Å². The van der Waals surface area contributed by atoms with Crippen LogP contribution in [0.25, 0.3) is 0 Å². The minimum absolute atomic E-state index is 0.0179. The van der Waals surface area contributed by atoms with Crippen molar-refractivity contribution in [3.63, 3.8) is 0 Å². The predicted octanol–water partition coefficient (Wildman–Crippen LogP) is 3.40. The first kappa shape index (κ1) is 21.8. The van der Waals surface area contributed by atoms with E-state index in [1.807, 2.05) is 13.0 Å². The Morgan fingerprint density at radius 1 is 0.812 bits per heavy atom. The zero-order valence-electron chi connectivity index (χ0n) is 17.3. The van der Waals surface area contributed by atoms with Crippen LogP contribution in [0.15, 0.2) is 70.5 Å². The number of nitrogens with one attached hydrogen (secondary N) is 3. The second kappa shape index (κ2) is 7.95. The number of hydrogen-bond acceptors (Lipinski definition) is 5. The Labute approximate surface area is 186 Å². The summed E-state index contributed by atoms with van der Waals surface area (Å²) in [5, 5.41) is 2.65. The van der Waals surface area contributed by atoms with Crippen LogP contribution in [-0.4, -0.2) is 22.7 Å². The van der Waals surface area contributed by atoms with Gasteiger partial charge in [-0.25, -0.2) is 16.8 Å². The van der Waals surface area contributed by atoms with E-state index in [0.29, 0.717) is 22.5 Å². The van der Waals surface area contributed by atoms with E-state index < -0.39 is 20.0 Å². The van der Waals surface area contributed by atoms with Crippen LogP contribution in [0.2, 0.25) is 0 Å². The third-order valence-electron chi connectivity index (χ3n) is 5.01. The standard InChI is InChI=1S/C22H21N3O5S2/c1-14-4-3-5-17(10-14)25-32(29,30)21-13-18(7-6-15(21)2)24-31(27,28)19-8-9-20-16(11-19)12-22(26)23-20/h3-11,13,24-25H,12H2,1-2H3,(H,23,26). The summed E-state index contributed by atoms with van der Waals surface area (Å²) in [7, 11) is -7.94. The third kappa shape index (κ3) is 4.46. The Morgan fingerprint density at radius 2 is 1.53 bits per heavy atom. The van der Waals surface area contributed by atoms with E-state index >= 15 is 0 Å². The number of hydrogen-bond donors (Lipinski definition) is 3. The van der Waals surface area contributed by atoms with Crippen molar-refractivity contribution in [2.24, 2.45) is 0 Å². The lowest BCUT2D eigenvalue weighted by Crippen LogP contribution is -2.16. The molecule has 0 saturated heterocycles. The molecular formula is C22H21N3O5S2. The summed E-state index contributed by atoms with van der Waals surface area (Å²) in [5.41, 5.74) is 3.06. The lowest BCUT2D eigenvalue weighted by molar-refractivity contribution is -0.115. The molecule has 0 atom stereocenters. The highest BCUT2D eigenvalue weighted by molar-refractivity contribution is 7.93. The van der Waals surface area contributed by atoms with Crippen molar-refractivity contribution in [1.29, 1.82) is 0 Å². The largest absolute Gasteiger partial charge is 0.326 e. The summed E-state index contributed by atoms with van der Waals surface area (Å²) < 4.78 is 56.6. The van der Waals surface area contributed by atoms with E-state index in [0.717, 1.165) is 5.56 Å². The number of benzene rings is 3. The van der Waals surface area contributed by atoms with Gasteiger partial charge in [0.25, 0.3) is 20.0 Å². The fourth-order valence-corrected chi connectivity index (χ4v) is 5.88. The van der Waals surface area contributed by atoms with Gasteiger partial charge in [0.15, 0.2) is 0 Å². The van der Waals surface area contributed by atoms with Gasteiger partial charge < -0.3 is 5.32 Å². The zero-order chi connectivity index (χ0) is 23.1. The summed E-state index contributed by atoms with van der Waals surface area (Å²) in [6.45, 7) is 3.48. The first-order valence-corrected chi connectivity index (χ1v) is 12.7. The number of carbonyl (C=O) groups is 1. The lowest BCUT2D eigenvalue weighted by Gasteiger charge is -2.14. The fraction of sp³-hybridized carbons (Fsp3) is 0.136. The Bertz CT molecular complexity index is 1450. The van der Waals surface area contributed by atoms with Gasteiger partial charge in [0.1, 0.15) is 0 Å². The Morgan fingerprint density at radius 3 is 2.28 bits per heavy atom. The van der Waals surface area contributed by atoms with Crippen LogP contribution >= 0.6 is 0 Å². The van der Waals surface area contributed by atoms with Gasteiger partial charge >= 0.3 is 0 Å². The van der Waals surface area contributed by atoms with Crippen molar-refractivity contribution >= 4 is 43.0 Å². The SMILES string of the molecule is Cc1cccc(NS(=O)(=O)c2cc(NS(=O)(=O)c3ccc4c(c3)CC(=O)N4)ccc2C)c1. The van der Waals surface area contributed by atoms with Crippen LogP contribution < -0.4 is 14.8 Å². The highest BCUT2D eigenvalue weighted by atomic mass is 32.2. The second-order valence-corrected chi connectivity index (χ2v) is 10.9. The minimum Gasteiger partial charge on any atom is -0.326 e. The molecule has 1 aliphatic rings. The first-order chi connectivity index (χ1) is 15.0. The van der Waals surface area contributed by atoms with E-state index in [4.69, 9.17) is 0 Å². The molecule has 0 aromatic heterocycles. The van der Waals surface area contributed by atoms with Crippen molar-refractivity contribution in [3.05, 3.63) is 77.4 Å². The molecule has 4 rings (SSSR count). The van der Waals surface area contributed by atoms with Crippen LogP contribution in [0.1, 0.15) is 16.7 Å². The fourth-order valence-electron chi connectivity index (χ4n) is 3.46. The Hall–Kier alpha value is -3.37. The Kier molecular flexibility index (Phi) is 5.43. The molecule has 32 heavy (non-hydrogen) atoms. The summed E-state index contributed by atoms with van der Waals surface area (Å²) in [4.78, 5) is 11.5. The molecule has 3 N–H and O–H groups in total. The third-order valence-corrected chi connectivity index (χ3v) is 7.91. The van der Waals surface area contributed by atoms with Crippen molar-refractivity contribution in [2.75, 3.05) is 14.8 Å². The molecular weight excluding hydrogens is 450 g/mol. The second-order valence-electron chi connectivity index (χ2n) is 7.60. The van der Waals surface area contributed by atoms with Crippen molar-refractivity contribution in [3.8, 4) is 0 Å². The normalized spacial score (nSPS) is 13.4. The molecule has 1 amide bonds. The van der Waals surface area contributed by atoms with Crippen molar-refractivity contribution < 1.29 is 21.6 Å². The van der Waals surface area contributed by atoms with Gasteiger partial charge in [-0.15, -0.1) is 0 Å². The molecule has 3 aromatic carbocycles. The molecule has 0 unspecified atom stereocenters. The van der Waals surface area contributed by atoms with Gasteiger partial charge in [-0.2, -0.15) is 0 Å². The number of sulfonamides is 2. The quantitative estimate of drug-likeness (QED) is 0.509. The number of fused-ring (bicyclic) bond motifs is 1. The number of rotatable bonds is 6. The molecule has 0 saturated carbocycles. The molecule has 1 heterocycles. The van der Waals surface area contributed by atoms with Crippen molar-refractivity contribution in [2.45, 2.75) is 30.1 Å². The van der Waals surface area contributed by atoms with Crippen molar-refractivity contribution in [1.82, 2.24) is 0 Å². The predicted molar refractivity (Wildman–Crippen MR) is 123 cm³/mol. The van der Waals surface area contributed by atoms with Gasteiger partial charge in [-0.05, 0) is 73.0 Å². The lowest BCUT2D eigenvalue weighted by atomic mass is 10.2. The number of amides is 1. The van der Waals surface area contributed by atoms with Crippen LogP contribution in [0, 0.1) is 13.8 Å². The summed E-state index contributed by atoms with van der Waals surface area (Å²) in [6, 6.07) is 15.6.